The summed E-state index contributed by atoms with van der Waals surface area (Å²) >= 11 is 1.61. The smallest absolute Gasteiger partial charge is 0.320 e. The van der Waals surface area contributed by atoms with E-state index in [-0.39, 0.29) is 0 Å². The lowest BCUT2D eigenvalue weighted by atomic mass is 9.86. The molecule has 1 unspecified atom stereocenters. The molecule has 16 heavy (non-hydrogen) atoms. The molecule has 0 radical (unpaired) electrons. The first-order valence-corrected chi connectivity index (χ1v) is 6.97. The van der Waals surface area contributed by atoms with Crippen molar-refractivity contribution in [3.63, 3.8) is 0 Å². The van der Waals surface area contributed by atoms with Gasteiger partial charge in [0.1, 0.15) is 6.04 Å². The van der Waals surface area contributed by atoms with E-state index in [1.807, 2.05) is 0 Å². The van der Waals surface area contributed by atoms with Crippen LogP contribution < -0.4 is 5.73 Å². The zero-order valence-electron chi connectivity index (χ0n) is 9.52. The Morgan fingerprint density at radius 3 is 2.56 bits per heavy atom. The Kier molecular flexibility index (Phi) is 5.58. The van der Waals surface area contributed by atoms with Crippen LogP contribution >= 0.6 is 11.8 Å². The van der Waals surface area contributed by atoms with Gasteiger partial charge in [-0.3, -0.25) is 4.79 Å². The largest absolute Gasteiger partial charge is 0.480 e. The van der Waals surface area contributed by atoms with Crippen molar-refractivity contribution in [2.24, 2.45) is 5.73 Å². The van der Waals surface area contributed by atoms with E-state index >= 15 is 0 Å². The van der Waals surface area contributed by atoms with Crippen LogP contribution in [0.15, 0.2) is 0 Å². The molecule has 1 aliphatic rings. The molecule has 0 aliphatic heterocycles. The van der Waals surface area contributed by atoms with Gasteiger partial charge in [0.2, 0.25) is 0 Å². The summed E-state index contributed by atoms with van der Waals surface area (Å²) in [4.78, 5) is 10.5. The lowest BCUT2D eigenvalue weighted by Gasteiger charge is -2.31. The van der Waals surface area contributed by atoms with E-state index in [9.17, 15) is 9.90 Å². The molecule has 1 fully saturated rings. The summed E-state index contributed by atoms with van der Waals surface area (Å²) < 4.78 is 0. The number of carbonyl (C=O) groups is 1. The Hall–Kier alpha value is -0.260. The predicted molar refractivity (Wildman–Crippen MR) is 65.6 cm³/mol. The van der Waals surface area contributed by atoms with E-state index in [1.165, 1.54) is 6.42 Å². The number of aliphatic carboxylic acids is 1. The highest BCUT2D eigenvalue weighted by Gasteiger charge is 2.28. The Morgan fingerprint density at radius 1 is 1.38 bits per heavy atom. The molecule has 0 aromatic rings. The Morgan fingerprint density at radius 2 is 2.00 bits per heavy atom. The van der Waals surface area contributed by atoms with E-state index < -0.39 is 17.6 Å². The molecule has 1 rings (SSSR count). The number of carboxylic acid groups (broad SMARTS) is 1. The quantitative estimate of drug-likeness (QED) is 0.615. The molecule has 94 valence electrons. The number of hydrogen-bond donors (Lipinski definition) is 3. The van der Waals surface area contributed by atoms with Crippen molar-refractivity contribution in [2.45, 2.75) is 50.2 Å². The molecule has 4 N–H and O–H groups in total. The van der Waals surface area contributed by atoms with Gasteiger partial charge in [0.05, 0.1) is 5.60 Å². The third-order valence-electron chi connectivity index (χ3n) is 3.05. The molecule has 0 bridgehead atoms. The molecular weight excluding hydrogens is 226 g/mol. The third-order valence-corrected chi connectivity index (χ3v) is 4.31. The monoisotopic (exact) mass is 247 g/mol. The molecule has 1 saturated carbocycles. The molecule has 0 saturated heterocycles. The average molecular weight is 247 g/mol. The topological polar surface area (TPSA) is 83.5 Å². The summed E-state index contributed by atoms with van der Waals surface area (Å²) in [7, 11) is 0. The molecule has 0 aromatic heterocycles. The van der Waals surface area contributed by atoms with Crippen LogP contribution in [-0.4, -0.2) is 39.3 Å². The standard InChI is InChI=1S/C11H21NO3S/c12-9(10(13)14)4-7-16-8-11(15)5-2-1-3-6-11/h9,15H,1-8,12H2,(H,13,14). The predicted octanol–water partition coefficient (Wildman–Crippen LogP) is 1.22. The molecule has 1 aliphatic carbocycles. The zero-order chi connectivity index (χ0) is 12.0. The van der Waals surface area contributed by atoms with Crippen molar-refractivity contribution in [3.8, 4) is 0 Å². The fraction of sp³-hybridized carbons (Fsp3) is 0.909. The van der Waals surface area contributed by atoms with Crippen LogP contribution in [0, 0.1) is 0 Å². The van der Waals surface area contributed by atoms with Gasteiger partial charge in [-0.05, 0) is 25.0 Å². The number of hydrogen-bond acceptors (Lipinski definition) is 4. The first kappa shape index (κ1) is 13.8. The second-order valence-corrected chi connectivity index (χ2v) is 5.68. The Bertz CT molecular complexity index is 229. The summed E-state index contributed by atoms with van der Waals surface area (Å²) in [5.74, 6) is 0.465. The summed E-state index contributed by atoms with van der Waals surface area (Å²) in [6.45, 7) is 0. The lowest BCUT2D eigenvalue weighted by Crippen LogP contribution is -2.35. The van der Waals surface area contributed by atoms with Crippen molar-refractivity contribution in [1.82, 2.24) is 0 Å². The number of nitrogens with two attached hydrogens (primary N) is 1. The zero-order valence-corrected chi connectivity index (χ0v) is 10.3. The highest BCUT2D eigenvalue weighted by atomic mass is 32.2. The van der Waals surface area contributed by atoms with E-state index in [0.29, 0.717) is 17.9 Å². The van der Waals surface area contributed by atoms with E-state index in [4.69, 9.17) is 10.8 Å². The Labute approximate surface area is 101 Å². The van der Waals surface area contributed by atoms with E-state index in [0.717, 1.165) is 25.7 Å². The van der Waals surface area contributed by atoms with E-state index in [1.54, 1.807) is 11.8 Å². The highest BCUT2D eigenvalue weighted by Crippen LogP contribution is 2.31. The minimum Gasteiger partial charge on any atom is -0.480 e. The van der Waals surface area contributed by atoms with Crippen molar-refractivity contribution in [3.05, 3.63) is 0 Å². The molecular formula is C11H21NO3S. The van der Waals surface area contributed by atoms with Gasteiger partial charge in [-0.25, -0.2) is 0 Å². The normalized spacial score (nSPS) is 21.6. The maximum absolute atomic E-state index is 10.5. The molecule has 0 heterocycles. The molecule has 0 aromatic carbocycles. The van der Waals surface area contributed by atoms with Gasteiger partial charge < -0.3 is 15.9 Å². The molecule has 0 spiro atoms. The van der Waals surface area contributed by atoms with Gasteiger partial charge in [-0.2, -0.15) is 11.8 Å². The molecule has 0 amide bonds. The number of aliphatic hydroxyl groups is 1. The van der Waals surface area contributed by atoms with Crippen molar-refractivity contribution in [1.29, 1.82) is 0 Å². The first-order valence-electron chi connectivity index (χ1n) is 5.82. The number of carboxylic acids is 1. The van der Waals surface area contributed by atoms with Crippen LogP contribution in [0.4, 0.5) is 0 Å². The molecule has 4 nitrogen and oxygen atoms in total. The fourth-order valence-electron chi connectivity index (χ4n) is 1.95. The second kappa shape index (κ2) is 6.47. The summed E-state index contributed by atoms with van der Waals surface area (Å²) in [6, 6.07) is -0.770. The van der Waals surface area contributed by atoms with Gasteiger partial charge in [-0.15, -0.1) is 0 Å². The molecule has 1 atom stereocenters. The van der Waals surface area contributed by atoms with Gasteiger partial charge in [-0.1, -0.05) is 19.3 Å². The minimum absolute atomic E-state index is 0.468. The summed E-state index contributed by atoms with van der Waals surface area (Å²) in [5, 5.41) is 18.8. The van der Waals surface area contributed by atoms with Crippen LogP contribution in [0.1, 0.15) is 38.5 Å². The number of rotatable bonds is 6. The highest BCUT2D eigenvalue weighted by molar-refractivity contribution is 7.99. The maximum atomic E-state index is 10.5. The fourth-order valence-corrected chi connectivity index (χ4v) is 3.18. The lowest BCUT2D eigenvalue weighted by molar-refractivity contribution is -0.138. The number of thioether (sulfide) groups is 1. The van der Waals surface area contributed by atoms with E-state index in [2.05, 4.69) is 0 Å². The van der Waals surface area contributed by atoms with Crippen LogP contribution in [0.5, 0.6) is 0 Å². The summed E-state index contributed by atoms with van der Waals surface area (Å²) in [6.07, 6.45) is 5.65. The first-order chi connectivity index (χ1) is 7.53. The Balaban J connectivity index is 2.12. The van der Waals surface area contributed by atoms with Crippen LogP contribution in [-0.2, 0) is 4.79 Å². The SMILES string of the molecule is NC(CCSCC1(O)CCCCC1)C(=O)O. The molecule has 5 heteroatoms. The second-order valence-electron chi connectivity index (χ2n) is 4.57. The minimum atomic E-state index is -0.947. The third kappa shape index (κ3) is 4.72. The van der Waals surface area contributed by atoms with Gasteiger partial charge in [0.15, 0.2) is 0 Å². The summed E-state index contributed by atoms with van der Waals surface area (Å²) in [5.41, 5.74) is 4.88. The van der Waals surface area contributed by atoms with Crippen molar-refractivity contribution in [2.75, 3.05) is 11.5 Å². The van der Waals surface area contributed by atoms with Crippen LogP contribution in [0.3, 0.4) is 0 Å². The van der Waals surface area contributed by atoms with Crippen LogP contribution in [0.25, 0.3) is 0 Å². The maximum Gasteiger partial charge on any atom is 0.320 e. The van der Waals surface area contributed by atoms with Gasteiger partial charge in [0.25, 0.3) is 0 Å². The van der Waals surface area contributed by atoms with Crippen molar-refractivity contribution < 1.29 is 15.0 Å². The van der Waals surface area contributed by atoms with Gasteiger partial charge >= 0.3 is 5.97 Å². The van der Waals surface area contributed by atoms with Gasteiger partial charge in [0, 0.05) is 5.75 Å². The average Bonchev–Trinajstić information content (AvgIpc) is 2.25. The van der Waals surface area contributed by atoms with Crippen LogP contribution in [0.2, 0.25) is 0 Å². The van der Waals surface area contributed by atoms with Crippen molar-refractivity contribution >= 4 is 17.7 Å².